The molecule has 0 bridgehead atoms. The van der Waals surface area contributed by atoms with Crippen LogP contribution in [0.2, 0.25) is 0 Å². The minimum absolute atomic E-state index is 0.115. The van der Waals surface area contributed by atoms with Crippen LogP contribution in [0.1, 0.15) is 43.2 Å². The molecule has 0 saturated carbocycles. The zero-order valence-corrected chi connectivity index (χ0v) is 18.4. The van der Waals surface area contributed by atoms with E-state index in [-0.39, 0.29) is 18.4 Å². The van der Waals surface area contributed by atoms with Crippen LogP contribution in [0.3, 0.4) is 0 Å². The first-order valence-electron chi connectivity index (χ1n) is 9.75. The number of halogens is 1. The standard InChI is InChI=1S/C24H22INO3/c1-15-21(24(28)29-14-16-8-3-2-4-9-16)22(17-10-5-6-11-18(17)25)23-19(26-15)12-7-13-20(23)27/h2-6,8-11,22,26H,7,12-14H2,1H3. The molecule has 29 heavy (non-hydrogen) atoms. The second-order valence-electron chi connectivity index (χ2n) is 7.35. The first-order valence-corrected chi connectivity index (χ1v) is 10.8. The molecule has 0 saturated heterocycles. The predicted octanol–water partition coefficient (Wildman–Crippen LogP) is 5.00. The highest BCUT2D eigenvalue weighted by molar-refractivity contribution is 14.1. The highest BCUT2D eigenvalue weighted by atomic mass is 127. The average Bonchev–Trinajstić information content (AvgIpc) is 2.72. The predicted molar refractivity (Wildman–Crippen MR) is 120 cm³/mol. The van der Waals surface area contributed by atoms with Gasteiger partial charge in [-0.2, -0.15) is 0 Å². The van der Waals surface area contributed by atoms with Gasteiger partial charge in [0.1, 0.15) is 6.61 Å². The molecule has 2 aromatic carbocycles. The Morgan fingerprint density at radius 1 is 1.10 bits per heavy atom. The fourth-order valence-corrected chi connectivity index (χ4v) is 4.77. The number of carbonyl (C=O) groups is 2. The fraction of sp³-hybridized carbons (Fsp3) is 0.250. The molecule has 0 spiro atoms. The minimum atomic E-state index is -0.393. The molecule has 0 radical (unpaired) electrons. The van der Waals surface area contributed by atoms with Crippen molar-refractivity contribution in [2.24, 2.45) is 0 Å². The van der Waals surface area contributed by atoms with Crippen molar-refractivity contribution in [3.05, 3.63) is 91.8 Å². The third kappa shape index (κ3) is 4.01. The Balaban J connectivity index is 1.73. The van der Waals surface area contributed by atoms with E-state index in [0.29, 0.717) is 12.0 Å². The Kier molecular flexibility index (Phi) is 5.85. The summed E-state index contributed by atoms with van der Waals surface area (Å²) in [5, 5.41) is 3.33. The highest BCUT2D eigenvalue weighted by Crippen LogP contribution is 2.43. The van der Waals surface area contributed by atoms with Gasteiger partial charge in [-0.25, -0.2) is 4.79 Å². The molecule has 2 aromatic rings. The van der Waals surface area contributed by atoms with Gasteiger partial charge in [0.2, 0.25) is 0 Å². The number of carbonyl (C=O) groups excluding carboxylic acids is 2. The number of ketones is 1. The lowest BCUT2D eigenvalue weighted by Crippen LogP contribution is -2.34. The largest absolute Gasteiger partial charge is 0.457 e. The number of allylic oxidation sites excluding steroid dienone is 3. The third-order valence-electron chi connectivity index (χ3n) is 5.42. The number of nitrogens with one attached hydrogen (secondary N) is 1. The number of esters is 1. The van der Waals surface area contributed by atoms with Crippen molar-refractivity contribution in [2.45, 2.75) is 38.7 Å². The molecule has 0 aromatic heterocycles. The maximum Gasteiger partial charge on any atom is 0.337 e. The highest BCUT2D eigenvalue weighted by Gasteiger charge is 2.39. The SMILES string of the molecule is CC1=C(C(=O)OCc2ccccc2)C(c2ccccc2I)C2=C(CCCC2=O)N1. The van der Waals surface area contributed by atoms with Gasteiger partial charge in [-0.05, 0) is 59.5 Å². The van der Waals surface area contributed by atoms with Crippen molar-refractivity contribution in [2.75, 3.05) is 0 Å². The van der Waals surface area contributed by atoms with Gasteiger partial charge < -0.3 is 10.1 Å². The lowest BCUT2D eigenvalue weighted by molar-refractivity contribution is -0.140. The molecule has 0 fully saturated rings. The molecule has 1 aliphatic carbocycles. The van der Waals surface area contributed by atoms with E-state index >= 15 is 0 Å². The van der Waals surface area contributed by atoms with Crippen molar-refractivity contribution in [3.63, 3.8) is 0 Å². The molecule has 1 unspecified atom stereocenters. The topological polar surface area (TPSA) is 55.4 Å². The number of rotatable bonds is 4. The maximum atomic E-state index is 13.2. The molecular weight excluding hydrogens is 477 g/mol. The molecule has 5 heteroatoms. The minimum Gasteiger partial charge on any atom is -0.457 e. The van der Waals surface area contributed by atoms with E-state index in [1.807, 2.05) is 61.5 Å². The Hall–Kier alpha value is -2.41. The molecule has 2 aliphatic rings. The molecule has 1 atom stereocenters. The summed E-state index contributed by atoms with van der Waals surface area (Å²) in [5.41, 5.74) is 4.87. The van der Waals surface area contributed by atoms with Crippen molar-refractivity contribution in [1.82, 2.24) is 5.32 Å². The Morgan fingerprint density at radius 2 is 1.83 bits per heavy atom. The first kappa shape index (κ1) is 19.9. The average molecular weight is 499 g/mol. The van der Waals surface area contributed by atoms with E-state index in [0.717, 1.165) is 44.5 Å². The van der Waals surface area contributed by atoms with Gasteiger partial charge in [-0.1, -0.05) is 48.5 Å². The Labute approximate surface area is 184 Å². The number of hydrogen-bond donors (Lipinski definition) is 1. The van der Waals surface area contributed by atoms with E-state index in [1.54, 1.807) is 0 Å². The van der Waals surface area contributed by atoms with Crippen LogP contribution >= 0.6 is 22.6 Å². The van der Waals surface area contributed by atoms with Gasteiger partial charge in [0.05, 0.1) is 5.57 Å². The van der Waals surface area contributed by atoms with Crippen molar-refractivity contribution >= 4 is 34.3 Å². The number of benzene rings is 2. The summed E-state index contributed by atoms with van der Waals surface area (Å²) in [4.78, 5) is 26.1. The van der Waals surface area contributed by atoms with Crippen molar-refractivity contribution in [1.29, 1.82) is 0 Å². The Bertz CT molecular complexity index is 1020. The monoisotopic (exact) mass is 499 g/mol. The molecule has 4 rings (SSSR count). The second kappa shape index (κ2) is 8.53. The summed E-state index contributed by atoms with van der Waals surface area (Å²) < 4.78 is 6.70. The van der Waals surface area contributed by atoms with Gasteiger partial charge in [0.25, 0.3) is 0 Å². The zero-order chi connectivity index (χ0) is 20.4. The second-order valence-corrected chi connectivity index (χ2v) is 8.51. The molecule has 4 nitrogen and oxygen atoms in total. The Morgan fingerprint density at radius 3 is 2.59 bits per heavy atom. The summed E-state index contributed by atoms with van der Waals surface area (Å²) in [6.45, 7) is 2.10. The van der Waals surface area contributed by atoms with Gasteiger partial charge in [0.15, 0.2) is 5.78 Å². The van der Waals surface area contributed by atoms with E-state index < -0.39 is 5.92 Å². The van der Waals surface area contributed by atoms with E-state index in [9.17, 15) is 9.59 Å². The van der Waals surface area contributed by atoms with E-state index in [4.69, 9.17) is 4.74 Å². The third-order valence-corrected chi connectivity index (χ3v) is 6.41. The summed E-state index contributed by atoms with van der Waals surface area (Å²) in [5.74, 6) is -0.659. The summed E-state index contributed by atoms with van der Waals surface area (Å²) in [6, 6.07) is 17.6. The van der Waals surface area contributed by atoms with Crippen LogP contribution in [0.5, 0.6) is 0 Å². The van der Waals surface area contributed by atoms with Gasteiger partial charge >= 0.3 is 5.97 Å². The first-order chi connectivity index (χ1) is 14.1. The molecule has 1 heterocycles. The zero-order valence-electron chi connectivity index (χ0n) is 16.2. The molecule has 148 valence electrons. The van der Waals surface area contributed by atoms with E-state index in [2.05, 4.69) is 27.9 Å². The number of Topliss-reactive ketones (excluding diaryl/α,β-unsaturated/α-hetero) is 1. The summed E-state index contributed by atoms with van der Waals surface area (Å²) in [7, 11) is 0. The van der Waals surface area contributed by atoms with Crippen LogP contribution < -0.4 is 5.32 Å². The van der Waals surface area contributed by atoms with Crippen LogP contribution in [-0.2, 0) is 20.9 Å². The van der Waals surface area contributed by atoms with Crippen LogP contribution in [-0.4, -0.2) is 11.8 Å². The lowest BCUT2D eigenvalue weighted by Gasteiger charge is -2.34. The van der Waals surface area contributed by atoms with Gasteiger partial charge in [-0.15, -0.1) is 0 Å². The van der Waals surface area contributed by atoms with Crippen LogP contribution in [0.4, 0.5) is 0 Å². The van der Waals surface area contributed by atoms with Crippen molar-refractivity contribution < 1.29 is 14.3 Å². The molecular formula is C24H22INO3. The summed E-state index contributed by atoms with van der Waals surface area (Å²) >= 11 is 2.28. The molecule has 0 amide bonds. The smallest absolute Gasteiger partial charge is 0.337 e. The van der Waals surface area contributed by atoms with Gasteiger partial charge in [-0.3, -0.25) is 4.79 Å². The fourth-order valence-electron chi connectivity index (χ4n) is 4.07. The number of hydrogen-bond acceptors (Lipinski definition) is 4. The van der Waals surface area contributed by atoms with Gasteiger partial charge in [0, 0.05) is 32.9 Å². The molecule has 1 aliphatic heterocycles. The number of dihydropyridines is 1. The van der Waals surface area contributed by atoms with Crippen molar-refractivity contribution in [3.8, 4) is 0 Å². The summed E-state index contributed by atoms with van der Waals surface area (Å²) in [6.07, 6.45) is 2.18. The van der Waals surface area contributed by atoms with Crippen LogP contribution in [0.15, 0.2) is 77.1 Å². The lowest BCUT2D eigenvalue weighted by atomic mass is 9.75. The molecule has 1 N–H and O–H groups in total. The van der Waals surface area contributed by atoms with Crippen LogP contribution in [0, 0.1) is 3.57 Å². The number of ether oxygens (including phenoxy) is 1. The maximum absolute atomic E-state index is 13.2. The van der Waals surface area contributed by atoms with Crippen LogP contribution in [0.25, 0.3) is 0 Å². The van der Waals surface area contributed by atoms with E-state index in [1.165, 1.54) is 0 Å². The normalized spacial score (nSPS) is 19.0. The quantitative estimate of drug-likeness (QED) is 0.475.